The molecule has 1 aliphatic rings. The summed E-state index contributed by atoms with van der Waals surface area (Å²) < 4.78 is 5.10. The Bertz CT molecular complexity index is 917. The molecule has 32 heavy (non-hydrogen) atoms. The van der Waals surface area contributed by atoms with Gasteiger partial charge in [-0.25, -0.2) is 0 Å². The molecule has 2 aromatic carbocycles. The van der Waals surface area contributed by atoms with Crippen molar-refractivity contribution in [3.05, 3.63) is 58.1 Å². The van der Waals surface area contributed by atoms with E-state index in [-0.39, 0.29) is 17.6 Å². The first-order chi connectivity index (χ1) is 15.3. The van der Waals surface area contributed by atoms with Gasteiger partial charge in [0, 0.05) is 17.2 Å². The lowest BCUT2D eigenvalue weighted by molar-refractivity contribution is -0.121. The van der Waals surface area contributed by atoms with Crippen LogP contribution in [-0.4, -0.2) is 18.8 Å². The van der Waals surface area contributed by atoms with Crippen molar-refractivity contribution in [3.63, 3.8) is 0 Å². The van der Waals surface area contributed by atoms with Gasteiger partial charge < -0.3 is 10.1 Å². The Morgan fingerprint density at radius 1 is 1.09 bits per heavy atom. The van der Waals surface area contributed by atoms with Crippen LogP contribution in [0.4, 0.5) is 5.69 Å². The molecule has 174 valence electrons. The molecule has 1 N–H and O–H groups in total. The van der Waals surface area contributed by atoms with Gasteiger partial charge in [-0.3, -0.25) is 9.59 Å². The molecule has 1 amide bonds. The van der Waals surface area contributed by atoms with Crippen LogP contribution in [0.3, 0.4) is 0 Å². The van der Waals surface area contributed by atoms with Crippen LogP contribution in [0.15, 0.2) is 36.4 Å². The Morgan fingerprint density at radius 2 is 1.78 bits per heavy atom. The molecule has 0 bridgehead atoms. The van der Waals surface area contributed by atoms with E-state index in [1.165, 1.54) is 17.5 Å². The van der Waals surface area contributed by atoms with Crippen LogP contribution in [0.25, 0.3) is 0 Å². The molecule has 1 fully saturated rings. The fourth-order valence-electron chi connectivity index (χ4n) is 4.32. The first-order valence-corrected chi connectivity index (χ1v) is 11.9. The van der Waals surface area contributed by atoms with Crippen molar-refractivity contribution in [2.24, 2.45) is 11.8 Å². The van der Waals surface area contributed by atoms with Gasteiger partial charge in [-0.05, 0) is 81.2 Å². The van der Waals surface area contributed by atoms with Gasteiger partial charge in [0.15, 0.2) is 5.78 Å². The predicted molar refractivity (Wildman–Crippen MR) is 133 cm³/mol. The van der Waals surface area contributed by atoms with Crippen LogP contribution >= 0.6 is 11.6 Å². The van der Waals surface area contributed by atoms with Crippen molar-refractivity contribution >= 4 is 29.0 Å². The van der Waals surface area contributed by atoms with E-state index in [9.17, 15) is 9.59 Å². The first kappa shape index (κ1) is 25.9. The van der Waals surface area contributed by atoms with Gasteiger partial charge in [0.1, 0.15) is 5.75 Å². The topological polar surface area (TPSA) is 55.4 Å². The molecule has 4 nitrogen and oxygen atoms in total. The molecule has 5 heteroatoms. The van der Waals surface area contributed by atoms with E-state index in [1.54, 1.807) is 26.2 Å². The summed E-state index contributed by atoms with van der Waals surface area (Å²) in [7, 11) is 1.58. The molecule has 0 spiro atoms. The number of ether oxygens (including phenoxy) is 1. The van der Waals surface area contributed by atoms with Crippen molar-refractivity contribution in [1.29, 1.82) is 0 Å². The van der Waals surface area contributed by atoms with Crippen LogP contribution in [0.5, 0.6) is 5.75 Å². The largest absolute Gasteiger partial charge is 0.495 e. The fraction of sp³-hybridized carbons (Fsp3) is 0.481. The van der Waals surface area contributed by atoms with Gasteiger partial charge in [0.25, 0.3) is 0 Å². The normalized spacial score (nSPS) is 17.7. The maximum atomic E-state index is 12.2. The zero-order valence-corrected chi connectivity index (χ0v) is 20.7. The molecule has 3 rings (SSSR count). The summed E-state index contributed by atoms with van der Waals surface area (Å²) in [5.41, 5.74) is 4.01. The zero-order chi connectivity index (χ0) is 23.7. The van der Waals surface area contributed by atoms with Crippen LogP contribution in [0, 0.1) is 18.8 Å². The molecule has 0 radical (unpaired) electrons. The predicted octanol–water partition coefficient (Wildman–Crippen LogP) is 7.26. The van der Waals surface area contributed by atoms with Crippen LogP contribution in [0.2, 0.25) is 5.02 Å². The Kier molecular flexibility index (Phi) is 10.2. The van der Waals surface area contributed by atoms with Crippen molar-refractivity contribution in [1.82, 2.24) is 0 Å². The van der Waals surface area contributed by atoms with E-state index in [4.69, 9.17) is 16.3 Å². The van der Waals surface area contributed by atoms with Gasteiger partial charge in [0.05, 0.1) is 12.1 Å². The van der Waals surface area contributed by atoms with Crippen LogP contribution < -0.4 is 10.1 Å². The van der Waals surface area contributed by atoms with Gasteiger partial charge in [-0.15, -0.1) is 0 Å². The van der Waals surface area contributed by atoms with Crippen LogP contribution in [-0.2, 0) is 11.2 Å². The minimum absolute atomic E-state index is 0.112. The van der Waals surface area contributed by atoms with Crippen molar-refractivity contribution in [2.45, 2.75) is 66.2 Å². The number of Topliss-reactive ketones (excluding diaryl/α,β-unsaturated/α-hetero) is 1. The SMILES string of the molecule is CCC1CCC(C(=O)Nc2ccc(OC)c(Cl)c2)CC1.CCc1c(C)cccc1C(C)=O. The van der Waals surface area contributed by atoms with Crippen LogP contribution in [0.1, 0.15) is 74.4 Å². The van der Waals surface area contributed by atoms with Gasteiger partial charge in [0.2, 0.25) is 5.91 Å². The highest BCUT2D eigenvalue weighted by Gasteiger charge is 2.25. The lowest BCUT2D eigenvalue weighted by Gasteiger charge is -2.26. The number of hydrogen-bond acceptors (Lipinski definition) is 3. The molecule has 0 aromatic heterocycles. The summed E-state index contributed by atoms with van der Waals surface area (Å²) in [6.07, 6.45) is 6.47. The minimum Gasteiger partial charge on any atom is -0.495 e. The van der Waals surface area contributed by atoms with E-state index in [0.717, 1.165) is 49.3 Å². The summed E-state index contributed by atoms with van der Waals surface area (Å²) in [6.45, 7) is 7.97. The average molecular weight is 458 g/mol. The Morgan fingerprint density at radius 3 is 2.28 bits per heavy atom. The first-order valence-electron chi connectivity index (χ1n) is 11.5. The smallest absolute Gasteiger partial charge is 0.227 e. The molecular weight excluding hydrogens is 422 g/mol. The zero-order valence-electron chi connectivity index (χ0n) is 20.0. The fourth-order valence-corrected chi connectivity index (χ4v) is 4.58. The number of hydrogen-bond donors (Lipinski definition) is 1. The molecule has 2 aromatic rings. The number of methoxy groups -OCH3 is 1. The Balaban J connectivity index is 0.000000258. The number of aryl methyl sites for hydroxylation is 1. The number of rotatable bonds is 6. The maximum Gasteiger partial charge on any atom is 0.227 e. The number of ketones is 1. The molecule has 0 aliphatic heterocycles. The highest BCUT2D eigenvalue weighted by Crippen LogP contribution is 2.32. The number of carbonyl (C=O) groups excluding carboxylic acids is 2. The third-order valence-corrected chi connectivity index (χ3v) is 6.65. The number of nitrogens with one attached hydrogen (secondary N) is 1. The van der Waals surface area contributed by atoms with Crippen molar-refractivity contribution in [3.8, 4) is 5.75 Å². The second-order valence-electron chi connectivity index (χ2n) is 8.48. The maximum absolute atomic E-state index is 12.2. The minimum atomic E-state index is 0.112. The summed E-state index contributed by atoms with van der Waals surface area (Å²) in [5, 5.41) is 3.47. The number of carbonyl (C=O) groups is 2. The Labute approximate surface area is 197 Å². The van der Waals surface area contributed by atoms with Gasteiger partial charge >= 0.3 is 0 Å². The molecule has 0 heterocycles. The van der Waals surface area contributed by atoms with Crippen molar-refractivity contribution < 1.29 is 14.3 Å². The van der Waals surface area contributed by atoms with Crippen molar-refractivity contribution in [2.75, 3.05) is 12.4 Å². The summed E-state index contributed by atoms with van der Waals surface area (Å²) >= 11 is 6.06. The third-order valence-electron chi connectivity index (χ3n) is 6.36. The quantitative estimate of drug-likeness (QED) is 0.464. The molecule has 1 aliphatic carbocycles. The van der Waals surface area contributed by atoms with E-state index in [1.807, 2.05) is 31.2 Å². The third kappa shape index (κ3) is 7.09. The van der Waals surface area contributed by atoms with Gasteiger partial charge in [-0.2, -0.15) is 0 Å². The highest BCUT2D eigenvalue weighted by molar-refractivity contribution is 6.32. The summed E-state index contributed by atoms with van der Waals surface area (Å²) in [5.74, 6) is 1.83. The second kappa shape index (κ2) is 12.6. The molecule has 0 unspecified atom stereocenters. The number of halogens is 1. The van der Waals surface area contributed by atoms with E-state index in [2.05, 4.69) is 19.2 Å². The average Bonchev–Trinajstić information content (AvgIpc) is 2.79. The monoisotopic (exact) mass is 457 g/mol. The molecule has 0 atom stereocenters. The second-order valence-corrected chi connectivity index (χ2v) is 8.88. The number of benzene rings is 2. The Hall–Kier alpha value is -2.33. The lowest BCUT2D eigenvalue weighted by Crippen LogP contribution is -2.27. The van der Waals surface area contributed by atoms with E-state index < -0.39 is 0 Å². The molecular formula is C27H36ClNO3. The van der Waals surface area contributed by atoms with E-state index >= 15 is 0 Å². The molecule has 0 saturated heterocycles. The van der Waals surface area contributed by atoms with Gasteiger partial charge in [-0.1, -0.05) is 50.1 Å². The highest BCUT2D eigenvalue weighted by atomic mass is 35.5. The summed E-state index contributed by atoms with van der Waals surface area (Å²) in [4.78, 5) is 23.4. The standard InChI is InChI=1S/C16H22ClNO2.C11H14O/c1-3-11-4-6-12(7-5-11)16(19)18-13-8-9-15(20-2)14(17)10-13;1-4-10-8(2)6-5-7-11(10)9(3)12/h8-12H,3-7H2,1-2H3,(H,18,19);5-7H,4H2,1-3H3. The van der Waals surface area contributed by atoms with E-state index in [0.29, 0.717) is 10.8 Å². The number of amides is 1. The molecule has 1 saturated carbocycles. The lowest BCUT2D eigenvalue weighted by atomic mass is 9.80. The summed E-state index contributed by atoms with van der Waals surface area (Å²) in [6, 6.07) is 11.2. The number of anilines is 1.